The molecule has 0 aromatic rings. The van der Waals surface area contributed by atoms with Gasteiger partial charge in [0.15, 0.2) is 0 Å². The minimum Gasteiger partial charge on any atom is -0.375 e. The van der Waals surface area contributed by atoms with E-state index in [1.54, 1.807) is 0 Å². The van der Waals surface area contributed by atoms with Crippen LogP contribution in [0.2, 0.25) is 0 Å². The minimum absolute atomic E-state index is 0. The zero-order valence-corrected chi connectivity index (χ0v) is 10.7. The molecular weight excluding hydrogens is 228 g/mol. The third kappa shape index (κ3) is 3.09. The summed E-state index contributed by atoms with van der Waals surface area (Å²) in [6, 6.07) is 0.220. The number of morpholine rings is 1. The highest BCUT2D eigenvalue weighted by Crippen LogP contribution is 2.26. The molecule has 0 bridgehead atoms. The van der Waals surface area contributed by atoms with Crippen LogP contribution in [0.1, 0.15) is 26.7 Å². The van der Waals surface area contributed by atoms with E-state index in [1.165, 1.54) is 0 Å². The van der Waals surface area contributed by atoms with Crippen molar-refractivity contribution < 1.29 is 9.53 Å². The van der Waals surface area contributed by atoms with Crippen LogP contribution in [0, 0.1) is 5.92 Å². The van der Waals surface area contributed by atoms with Gasteiger partial charge in [0.1, 0.15) is 6.04 Å². The molecule has 0 unspecified atom stereocenters. The monoisotopic (exact) mass is 248 g/mol. The number of amides is 1. The van der Waals surface area contributed by atoms with Crippen LogP contribution in [-0.4, -0.2) is 37.2 Å². The Kier molecular flexibility index (Phi) is 5.02. The van der Waals surface area contributed by atoms with Crippen LogP contribution < -0.4 is 10.6 Å². The molecule has 2 rings (SSSR count). The number of hydrogen-bond donors (Lipinski definition) is 2. The molecule has 1 aliphatic carbocycles. The molecule has 0 aromatic carbocycles. The van der Waals surface area contributed by atoms with Crippen molar-refractivity contribution in [2.75, 3.05) is 13.2 Å². The molecule has 2 aliphatic rings. The normalized spacial score (nSPS) is 38.1. The lowest BCUT2D eigenvalue weighted by Crippen LogP contribution is -2.58. The number of nitrogens with one attached hydrogen (secondary N) is 2. The van der Waals surface area contributed by atoms with Crippen molar-refractivity contribution in [3.8, 4) is 0 Å². The molecule has 2 N–H and O–H groups in total. The first kappa shape index (κ1) is 13.7. The zero-order valence-electron chi connectivity index (χ0n) is 9.86. The van der Waals surface area contributed by atoms with E-state index in [2.05, 4.69) is 17.6 Å². The standard InChI is InChI=1S/C11H20N2O2.ClH/c1-7-5-9(6-7)13-11(14)10-8(2)15-4-3-12-10;/h7-10,12H,3-6H2,1-2H3,(H,13,14);1H/t7?,8-,9?,10+;/m1./s1. The molecule has 1 saturated heterocycles. The molecule has 0 spiro atoms. The second-order valence-electron chi connectivity index (χ2n) is 4.79. The molecule has 16 heavy (non-hydrogen) atoms. The van der Waals surface area contributed by atoms with Crippen molar-refractivity contribution >= 4 is 18.3 Å². The first-order valence-corrected chi connectivity index (χ1v) is 5.82. The van der Waals surface area contributed by atoms with Gasteiger partial charge in [-0.3, -0.25) is 4.79 Å². The maximum absolute atomic E-state index is 11.9. The third-order valence-corrected chi connectivity index (χ3v) is 3.32. The van der Waals surface area contributed by atoms with Gasteiger partial charge in [0.2, 0.25) is 5.91 Å². The third-order valence-electron chi connectivity index (χ3n) is 3.32. The summed E-state index contributed by atoms with van der Waals surface area (Å²) >= 11 is 0. The van der Waals surface area contributed by atoms with Gasteiger partial charge in [-0.15, -0.1) is 12.4 Å². The summed E-state index contributed by atoms with van der Waals surface area (Å²) in [5.41, 5.74) is 0. The first-order valence-electron chi connectivity index (χ1n) is 5.82. The van der Waals surface area contributed by atoms with Crippen molar-refractivity contribution in [3.63, 3.8) is 0 Å². The van der Waals surface area contributed by atoms with E-state index in [1.807, 2.05) is 6.92 Å². The van der Waals surface area contributed by atoms with Gasteiger partial charge in [-0.1, -0.05) is 6.92 Å². The Balaban J connectivity index is 0.00000128. The van der Waals surface area contributed by atoms with E-state index in [-0.39, 0.29) is 30.5 Å². The lowest BCUT2D eigenvalue weighted by atomic mass is 9.82. The molecule has 0 radical (unpaired) electrons. The summed E-state index contributed by atoms with van der Waals surface area (Å²) in [6.07, 6.45) is 2.22. The highest BCUT2D eigenvalue weighted by molar-refractivity contribution is 5.85. The van der Waals surface area contributed by atoms with E-state index in [9.17, 15) is 4.79 Å². The highest BCUT2D eigenvalue weighted by Gasteiger charge is 2.32. The number of ether oxygens (including phenoxy) is 1. The maximum atomic E-state index is 11.9. The second-order valence-corrected chi connectivity index (χ2v) is 4.79. The van der Waals surface area contributed by atoms with Crippen LogP contribution in [-0.2, 0) is 9.53 Å². The number of hydrogen-bond acceptors (Lipinski definition) is 3. The SMILES string of the molecule is CC1CC(NC(=O)[C@H]2NCCO[C@@H]2C)C1.Cl. The Labute approximate surface area is 103 Å². The molecular formula is C11H21ClN2O2. The fraction of sp³-hybridized carbons (Fsp3) is 0.909. The van der Waals surface area contributed by atoms with Crippen LogP contribution in [0.4, 0.5) is 0 Å². The molecule has 0 aromatic heterocycles. The molecule has 4 nitrogen and oxygen atoms in total. The summed E-state index contributed by atoms with van der Waals surface area (Å²) in [5, 5.41) is 6.26. The van der Waals surface area contributed by atoms with Crippen molar-refractivity contribution in [3.05, 3.63) is 0 Å². The molecule has 1 aliphatic heterocycles. The predicted molar refractivity (Wildman–Crippen MR) is 64.8 cm³/mol. The topological polar surface area (TPSA) is 50.4 Å². The Morgan fingerprint density at radius 3 is 2.62 bits per heavy atom. The van der Waals surface area contributed by atoms with Crippen molar-refractivity contribution in [2.24, 2.45) is 5.92 Å². The predicted octanol–water partition coefficient (Wildman–Crippen LogP) is 0.700. The Hall–Kier alpha value is -0.320. The Morgan fingerprint density at radius 2 is 2.06 bits per heavy atom. The van der Waals surface area contributed by atoms with Gasteiger partial charge < -0.3 is 15.4 Å². The maximum Gasteiger partial charge on any atom is 0.240 e. The summed E-state index contributed by atoms with van der Waals surface area (Å²) in [7, 11) is 0. The zero-order chi connectivity index (χ0) is 10.8. The van der Waals surface area contributed by atoms with Crippen LogP contribution in [0.3, 0.4) is 0 Å². The van der Waals surface area contributed by atoms with Crippen molar-refractivity contribution in [1.29, 1.82) is 0 Å². The van der Waals surface area contributed by atoms with Gasteiger partial charge in [-0.2, -0.15) is 0 Å². The van der Waals surface area contributed by atoms with Gasteiger partial charge in [0.05, 0.1) is 12.7 Å². The Morgan fingerprint density at radius 1 is 1.38 bits per heavy atom. The van der Waals surface area contributed by atoms with Gasteiger partial charge in [-0.25, -0.2) is 0 Å². The van der Waals surface area contributed by atoms with E-state index in [4.69, 9.17) is 4.74 Å². The lowest BCUT2D eigenvalue weighted by molar-refractivity contribution is -0.130. The molecule has 1 amide bonds. The number of carbonyl (C=O) groups excluding carboxylic acids is 1. The van der Waals surface area contributed by atoms with Gasteiger partial charge in [-0.05, 0) is 25.7 Å². The van der Waals surface area contributed by atoms with Crippen LogP contribution in [0.15, 0.2) is 0 Å². The fourth-order valence-electron chi connectivity index (χ4n) is 2.34. The molecule has 5 heteroatoms. The van der Waals surface area contributed by atoms with E-state index in [0.717, 1.165) is 25.3 Å². The van der Waals surface area contributed by atoms with Crippen molar-refractivity contribution in [1.82, 2.24) is 10.6 Å². The quantitative estimate of drug-likeness (QED) is 0.757. The average Bonchev–Trinajstić information content (AvgIpc) is 2.16. The Bertz CT molecular complexity index is 244. The van der Waals surface area contributed by atoms with Crippen LogP contribution >= 0.6 is 12.4 Å². The summed E-state index contributed by atoms with van der Waals surface area (Å²) in [4.78, 5) is 11.9. The average molecular weight is 249 g/mol. The number of rotatable bonds is 2. The molecule has 1 saturated carbocycles. The molecule has 1 heterocycles. The lowest BCUT2D eigenvalue weighted by Gasteiger charge is -2.36. The van der Waals surface area contributed by atoms with Crippen LogP contribution in [0.25, 0.3) is 0 Å². The number of halogens is 1. The van der Waals surface area contributed by atoms with Gasteiger partial charge in [0.25, 0.3) is 0 Å². The molecule has 94 valence electrons. The summed E-state index contributed by atoms with van der Waals surface area (Å²) in [5.74, 6) is 0.863. The van der Waals surface area contributed by atoms with E-state index >= 15 is 0 Å². The van der Waals surface area contributed by atoms with Gasteiger partial charge >= 0.3 is 0 Å². The summed E-state index contributed by atoms with van der Waals surface area (Å²) in [6.45, 7) is 5.63. The highest BCUT2D eigenvalue weighted by atomic mass is 35.5. The molecule has 2 atom stereocenters. The van der Waals surface area contributed by atoms with E-state index in [0.29, 0.717) is 12.6 Å². The minimum atomic E-state index is -0.172. The largest absolute Gasteiger partial charge is 0.375 e. The molecule has 2 fully saturated rings. The fourth-order valence-corrected chi connectivity index (χ4v) is 2.34. The first-order chi connectivity index (χ1) is 7.16. The second kappa shape index (κ2) is 5.84. The van der Waals surface area contributed by atoms with E-state index < -0.39 is 0 Å². The van der Waals surface area contributed by atoms with Gasteiger partial charge in [0, 0.05) is 12.6 Å². The summed E-state index contributed by atoms with van der Waals surface area (Å²) < 4.78 is 5.44. The number of carbonyl (C=O) groups is 1. The van der Waals surface area contributed by atoms with Crippen LogP contribution in [0.5, 0.6) is 0 Å². The van der Waals surface area contributed by atoms with Crippen molar-refractivity contribution in [2.45, 2.75) is 44.9 Å². The smallest absolute Gasteiger partial charge is 0.240 e.